The third-order valence-corrected chi connectivity index (χ3v) is 4.48. The van der Waals surface area contributed by atoms with E-state index in [0.29, 0.717) is 41.1 Å². The molecule has 0 saturated carbocycles. The number of methoxy groups -OCH3 is 2. The number of nitrogens with one attached hydrogen (secondary N) is 2. The van der Waals surface area contributed by atoms with Crippen molar-refractivity contribution in [1.82, 2.24) is 30.0 Å². The Morgan fingerprint density at radius 1 is 1.06 bits per heavy atom. The minimum atomic E-state index is -0.181. The molecule has 0 aliphatic heterocycles. The van der Waals surface area contributed by atoms with E-state index in [4.69, 9.17) is 9.47 Å². The quantitative estimate of drug-likeness (QED) is 0.507. The molecule has 10 nitrogen and oxygen atoms in total. The molecule has 2 heterocycles. The summed E-state index contributed by atoms with van der Waals surface area (Å²) < 4.78 is 12.1. The van der Waals surface area contributed by atoms with Crippen LogP contribution in [0.1, 0.15) is 24.3 Å². The summed E-state index contributed by atoms with van der Waals surface area (Å²) in [6, 6.07) is 8.87. The second-order valence-corrected chi connectivity index (χ2v) is 7.09. The molecule has 3 aromatic rings. The topological polar surface area (TPSA) is 106 Å². The lowest BCUT2D eigenvalue weighted by molar-refractivity contribution is 0.0941. The molecule has 0 aliphatic carbocycles. The monoisotopic (exact) mass is 455 g/mol. The Bertz CT molecular complexity index is 1030. The maximum atomic E-state index is 12.5. The molecule has 1 amide bonds. The molecule has 33 heavy (non-hydrogen) atoms. The van der Waals surface area contributed by atoms with E-state index in [1.54, 1.807) is 50.3 Å². The lowest BCUT2D eigenvalue weighted by Gasteiger charge is -2.10. The average molecular weight is 456 g/mol. The summed E-state index contributed by atoms with van der Waals surface area (Å²) in [6.45, 7) is 5.31. The van der Waals surface area contributed by atoms with Crippen molar-refractivity contribution < 1.29 is 14.3 Å². The highest BCUT2D eigenvalue weighted by Crippen LogP contribution is 2.27. The molecule has 0 fully saturated rings. The SMILES string of the molecule is CC.COc1cc(Nc2nccc(-c3cc(C(=O)NCCN(C)C)n(C)n3)n2)cc(OC)c1. The van der Waals surface area contributed by atoms with Gasteiger partial charge in [0.2, 0.25) is 5.95 Å². The van der Waals surface area contributed by atoms with Crippen LogP contribution in [0.2, 0.25) is 0 Å². The van der Waals surface area contributed by atoms with Gasteiger partial charge in [-0.25, -0.2) is 9.97 Å². The number of anilines is 2. The molecule has 3 rings (SSSR count). The molecule has 0 atom stereocenters. The molecule has 0 saturated heterocycles. The van der Waals surface area contributed by atoms with E-state index < -0.39 is 0 Å². The van der Waals surface area contributed by atoms with Crippen LogP contribution >= 0.6 is 0 Å². The molecule has 10 heteroatoms. The first-order valence-electron chi connectivity index (χ1n) is 10.7. The van der Waals surface area contributed by atoms with E-state index in [0.717, 1.165) is 12.2 Å². The van der Waals surface area contributed by atoms with E-state index >= 15 is 0 Å². The van der Waals surface area contributed by atoms with Crippen LogP contribution < -0.4 is 20.1 Å². The zero-order chi connectivity index (χ0) is 24.4. The molecule has 0 unspecified atom stereocenters. The third kappa shape index (κ3) is 7.18. The van der Waals surface area contributed by atoms with Gasteiger partial charge in [0.15, 0.2) is 0 Å². The standard InChI is InChI=1S/C21H27N7O3.C2H6/c1-27(2)9-8-22-20(29)19-13-18(26-28(19)3)17-6-7-23-21(25-17)24-14-10-15(30-4)12-16(11-14)31-5;1-2/h6-7,10-13H,8-9H2,1-5H3,(H,22,29)(H,23,24,25);1-2H3. The summed E-state index contributed by atoms with van der Waals surface area (Å²) in [7, 11) is 8.82. The van der Waals surface area contributed by atoms with Crippen molar-refractivity contribution in [3.8, 4) is 22.9 Å². The zero-order valence-electron chi connectivity index (χ0n) is 20.3. The number of aryl methyl sites for hydroxylation is 1. The van der Waals surface area contributed by atoms with Crippen LogP contribution in [0.4, 0.5) is 11.6 Å². The first-order valence-corrected chi connectivity index (χ1v) is 10.7. The van der Waals surface area contributed by atoms with Crippen LogP contribution in [-0.4, -0.2) is 72.0 Å². The number of benzene rings is 1. The molecule has 0 bridgehead atoms. The fraction of sp³-hybridized carbons (Fsp3) is 0.391. The number of carbonyl (C=O) groups is 1. The number of ether oxygens (including phenoxy) is 2. The molecule has 2 N–H and O–H groups in total. The van der Waals surface area contributed by atoms with Crippen molar-refractivity contribution in [1.29, 1.82) is 0 Å². The van der Waals surface area contributed by atoms with Gasteiger partial charge in [0.25, 0.3) is 5.91 Å². The van der Waals surface area contributed by atoms with Gasteiger partial charge >= 0.3 is 0 Å². The van der Waals surface area contributed by atoms with Crippen molar-refractivity contribution in [3.05, 3.63) is 42.2 Å². The minimum Gasteiger partial charge on any atom is -0.497 e. The first kappa shape index (κ1) is 25.6. The van der Waals surface area contributed by atoms with Crippen LogP contribution in [0.5, 0.6) is 11.5 Å². The summed E-state index contributed by atoms with van der Waals surface area (Å²) in [5.74, 6) is 1.50. The highest BCUT2D eigenvalue weighted by Gasteiger charge is 2.15. The van der Waals surface area contributed by atoms with Gasteiger partial charge in [0.05, 0.1) is 19.9 Å². The lowest BCUT2D eigenvalue weighted by atomic mass is 10.2. The number of nitrogens with zero attached hydrogens (tertiary/aromatic N) is 5. The van der Waals surface area contributed by atoms with Gasteiger partial charge in [-0.15, -0.1) is 0 Å². The Hall–Kier alpha value is -3.66. The zero-order valence-corrected chi connectivity index (χ0v) is 20.3. The first-order chi connectivity index (χ1) is 15.9. The largest absolute Gasteiger partial charge is 0.497 e. The smallest absolute Gasteiger partial charge is 0.269 e. The number of carbonyl (C=O) groups excluding carboxylic acids is 1. The summed E-state index contributed by atoms with van der Waals surface area (Å²) in [5, 5.41) is 10.5. The summed E-state index contributed by atoms with van der Waals surface area (Å²) in [5.41, 5.74) is 2.35. The van der Waals surface area contributed by atoms with Crippen molar-refractivity contribution in [3.63, 3.8) is 0 Å². The van der Waals surface area contributed by atoms with Crippen molar-refractivity contribution >= 4 is 17.5 Å². The lowest BCUT2D eigenvalue weighted by Crippen LogP contribution is -2.32. The van der Waals surface area contributed by atoms with E-state index in [-0.39, 0.29) is 5.91 Å². The van der Waals surface area contributed by atoms with Gasteiger partial charge in [0, 0.05) is 50.2 Å². The predicted molar refractivity (Wildman–Crippen MR) is 129 cm³/mol. The highest BCUT2D eigenvalue weighted by molar-refractivity contribution is 5.93. The fourth-order valence-electron chi connectivity index (χ4n) is 2.86. The molecule has 0 spiro atoms. The van der Waals surface area contributed by atoms with Crippen molar-refractivity contribution in [2.45, 2.75) is 13.8 Å². The predicted octanol–water partition coefficient (Wildman–Crippen LogP) is 2.96. The van der Waals surface area contributed by atoms with Gasteiger partial charge < -0.3 is 25.0 Å². The second-order valence-electron chi connectivity index (χ2n) is 7.09. The van der Waals surface area contributed by atoms with Crippen LogP contribution in [0.3, 0.4) is 0 Å². The fourth-order valence-corrected chi connectivity index (χ4v) is 2.86. The number of aromatic nitrogens is 4. The highest BCUT2D eigenvalue weighted by atomic mass is 16.5. The van der Waals surface area contributed by atoms with Crippen molar-refractivity contribution in [2.24, 2.45) is 7.05 Å². The molecule has 1 aromatic carbocycles. The van der Waals surface area contributed by atoms with E-state index in [2.05, 4.69) is 25.7 Å². The summed E-state index contributed by atoms with van der Waals surface area (Å²) >= 11 is 0. The maximum absolute atomic E-state index is 12.5. The number of likely N-dealkylation sites (N-methyl/N-ethyl adjacent to an activating group) is 1. The molecule has 0 radical (unpaired) electrons. The van der Waals surface area contributed by atoms with Gasteiger partial charge in [0.1, 0.15) is 22.9 Å². The van der Waals surface area contributed by atoms with E-state index in [1.807, 2.05) is 45.0 Å². The average Bonchev–Trinajstić information content (AvgIpc) is 3.21. The Balaban J connectivity index is 0.00000187. The molecular formula is C23H33N7O3. The summed E-state index contributed by atoms with van der Waals surface area (Å²) in [4.78, 5) is 23.3. The van der Waals surface area contributed by atoms with Crippen molar-refractivity contribution in [2.75, 3.05) is 46.7 Å². The second kappa shape index (κ2) is 12.4. The Morgan fingerprint density at radius 2 is 1.73 bits per heavy atom. The third-order valence-electron chi connectivity index (χ3n) is 4.48. The van der Waals surface area contributed by atoms with E-state index in [1.165, 1.54) is 0 Å². The number of rotatable bonds is 9. The van der Waals surface area contributed by atoms with Gasteiger partial charge in [-0.05, 0) is 26.2 Å². The van der Waals surface area contributed by atoms with Crippen LogP contribution in [0, 0.1) is 0 Å². The van der Waals surface area contributed by atoms with Gasteiger partial charge in [-0.1, -0.05) is 13.8 Å². The Kier molecular flexibility index (Phi) is 9.62. The van der Waals surface area contributed by atoms with Crippen LogP contribution in [0.15, 0.2) is 36.5 Å². The maximum Gasteiger partial charge on any atom is 0.269 e. The van der Waals surface area contributed by atoms with Gasteiger partial charge in [-0.3, -0.25) is 9.48 Å². The van der Waals surface area contributed by atoms with Gasteiger partial charge in [-0.2, -0.15) is 5.10 Å². The summed E-state index contributed by atoms with van der Waals surface area (Å²) in [6.07, 6.45) is 1.63. The Morgan fingerprint density at radius 3 is 2.33 bits per heavy atom. The minimum absolute atomic E-state index is 0.181. The molecular weight excluding hydrogens is 422 g/mol. The van der Waals surface area contributed by atoms with E-state index in [9.17, 15) is 4.79 Å². The Labute approximate surface area is 194 Å². The normalized spacial score (nSPS) is 10.3. The number of amides is 1. The number of hydrogen-bond donors (Lipinski definition) is 2. The molecule has 0 aliphatic rings. The van der Waals surface area contributed by atoms with Crippen LogP contribution in [0.25, 0.3) is 11.4 Å². The molecule has 2 aromatic heterocycles. The number of hydrogen-bond acceptors (Lipinski definition) is 8. The van der Waals surface area contributed by atoms with Crippen LogP contribution in [-0.2, 0) is 7.05 Å². The molecule has 178 valence electrons.